The highest BCUT2D eigenvalue weighted by molar-refractivity contribution is 5.67. The Morgan fingerprint density at radius 2 is 2.00 bits per heavy atom. The molecule has 1 saturated heterocycles. The molecule has 16 heavy (non-hydrogen) atoms. The minimum Gasteiger partial charge on any atom is -0.444 e. The third-order valence-electron chi connectivity index (χ3n) is 2.55. The Bertz CT molecular complexity index is 220. The topological polar surface area (TPSA) is 59.4 Å². The molecule has 1 rings (SSSR count). The highest BCUT2D eigenvalue weighted by atomic mass is 16.6. The fourth-order valence-corrected chi connectivity index (χ4v) is 1.79. The number of nitrogens with two attached hydrogens (primary N) is 1. The fourth-order valence-electron chi connectivity index (χ4n) is 1.79. The van der Waals surface area contributed by atoms with E-state index in [-0.39, 0.29) is 6.09 Å². The van der Waals surface area contributed by atoms with Crippen molar-refractivity contribution in [2.24, 2.45) is 0 Å². The SMILES string of the molecule is CC(C)(C)OC(=O)NCC[NH+]1CC[NH2+]CC1. The molecule has 0 bridgehead atoms. The molecule has 0 radical (unpaired) electrons. The van der Waals surface area contributed by atoms with E-state index in [1.807, 2.05) is 20.8 Å². The standard InChI is InChI=1S/C11H23N3O2/c1-11(2,3)16-10(15)13-6-9-14-7-4-12-5-8-14/h12H,4-9H2,1-3H3,(H,13,15)/p+2. The number of amides is 1. The number of carbonyl (C=O) groups excluding carboxylic acids is 1. The maximum Gasteiger partial charge on any atom is 0.407 e. The number of carbonyl (C=O) groups is 1. The van der Waals surface area contributed by atoms with Gasteiger partial charge in [0.15, 0.2) is 0 Å². The van der Waals surface area contributed by atoms with Crippen molar-refractivity contribution in [1.29, 1.82) is 0 Å². The number of piperazine rings is 1. The smallest absolute Gasteiger partial charge is 0.407 e. The first-order chi connectivity index (χ1) is 7.47. The van der Waals surface area contributed by atoms with Gasteiger partial charge in [-0.15, -0.1) is 0 Å². The maximum absolute atomic E-state index is 11.4. The summed E-state index contributed by atoms with van der Waals surface area (Å²) in [5.74, 6) is 0. The zero-order chi connectivity index (χ0) is 12.0. The molecule has 4 N–H and O–H groups in total. The monoisotopic (exact) mass is 231 g/mol. The summed E-state index contributed by atoms with van der Waals surface area (Å²) in [6, 6.07) is 0. The normalized spacial score (nSPS) is 18.2. The summed E-state index contributed by atoms with van der Waals surface area (Å²) in [5, 5.41) is 5.13. The van der Waals surface area contributed by atoms with Crippen LogP contribution in [0.5, 0.6) is 0 Å². The van der Waals surface area contributed by atoms with Gasteiger partial charge in [0.25, 0.3) is 0 Å². The summed E-state index contributed by atoms with van der Waals surface area (Å²) in [6.07, 6.45) is -0.310. The first-order valence-corrected chi connectivity index (χ1v) is 6.09. The molecule has 5 nitrogen and oxygen atoms in total. The molecule has 0 aromatic carbocycles. The number of hydrogen-bond acceptors (Lipinski definition) is 2. The van der Waals surface area contributed by atoms with E-state index in [0.29, 0.717) is 6.54 Å². The number of ether oxygens (including phenoxy) is 1. The molecule has 1 amide bonds. The van der Waals surface area contributed by atoms with Crippen LogP contribution in [-0.4, -0.2) is 51.0 Å². The molecule has 94 valence electrons. The Hall–Kier alpha value is -0.810. The molecular weight excluding hydrogens is 206 g/mol. The van der Waals surface area contributed by atoms with Crippen molar-refractivity contribution in [3.63, 3.8) is 0 Å². The Balaban J connectivity index is 2.08. The number of alkyl carbamates (subject to hydrolysis) is 1. The average Bonchev–Trinajstić information content (AvgIpc) is 2.16. The van der Waals surface area contributed by atoms with Gasteiger partial charge in [-0.3, -0.25) is 0 Å². The van der Waals surface area contributed by atoms with Crippen molar-refractivity contribution in [1.82, 2.24) is 5.32 Å². The second-order valence-corrected chi connectivity index (χ2v) is 5.29. The van der Waals surface area contributed by atoms with E-state index in [1.165, 1.54) is 26.2 Å². The molecule has 0 atom stereocenters. The van der Waals surface area contributed by atoms with Crippen LogP contribution in [-0.2, 0) is 4.74 Å². The Morgan fingerprint density at radius 3 is 2.56 bits per heavy atom. The minimum absolute atomic E-state index is 0.310. The van der Waals surface area contributed by atoms with Crippen molar-refractivity contribution in [2.45, 2.75) is 26.4 Å². The molecule has 0 aromatic rings. The number of hydrogen-bond donors (Lipinski definition) is 3. The molecule has 0 aromatic heterocycles. The highest BCUT2D eigenvalue weighted by Crippen LogP contribution is 2.05. The van der Waals surface area contributed by atoms with Gasteiger partial charge < -0.3 is 20.3 Å². The average molecular weight is 231 g/mol. The van der Waals surface area contributed by atoms with E-state index >= 15 is 0 Å². The van der Waals surface area contributed by atoms with Crippen LogP contribution in [0.2, 0.25) is 0 Å². The van der Waals surface area contributed by atoms with Gasteiger partial charge in [0.05, 0.1) is 13.1 Å². The summed E-state index contributed by atoms with van der Waals surface area (Å²) in [4.78, 5) is 12.9. The molecule has 0 unspecified atom stereocenters. The molecule has 1 aliphatic heterocycles. The van der Waals surface area contributed by atoms with Crippen molar-refractivity contribution < 1.29 is 19.7 Å². The van der Waals surface area contributed by atoms with Crippen LogP contribution in [0.4, 0.5) is 4.79 Å². The zero-order valence-corrected chi connectivity index (χ0v) is 10.6. The van der Waals surface area contributed by atoms with E-state index in [0.717, 1.165) is 6.54 Å². The van der Waals surface area contributed by atoms with Gasteiger partial charge in [0, 0.05) is 0 Å². The summed E-state index contributed by atoms with van der Waals surface area (Å²) >= 11 is 0. The van der Waals surface area contributed by atoms with Gasteiger partial charge in [-0.1, -0.05) is 0 Å². The molecule has 5 heteroatoms. The largest absolute Gasteiger partial charge is 0.444 e. The quantitative estimate of drug-likeness (QED) is 0.525. The third kappa shape index (κ3) is 5.92. The molecule has 0 aliphatic carbocycles. The lowest BCUT2D eigenvalue weighted by atomic mass is 10.2. The van der Waals surface area contributed by atoms with Crippen LogP contribution >= 0.6 is 0 Å². The Kier molecular flexibility index (Phi) is 5.02. The predicted molar refractivity (Wildman–Crippen MR) is 61.5 cm³/mol. The number of nitrogens with one attached hydrogen (secondary N) is 2. The van der Waals surface area contributed by atoms with Crippen LogP contribution in [0.15, 0.2) is 0 Å². The lowest BCUT2D eigenvalue weighted by Crippen LogP contribution is -3.20. The van der Waals surface area contributed by atoms with Gasteiger partial charge >= 0.3 is 6.09 Å². The molecule has 1 heterocycles. The summed E-state index contributed by atoms with van der Waals surface area (Å²) in [5.41, 5.74) is -0.406. The third-order valence-corrected chi connectivity index (χ3v) is 2.55. The number of quaternary nitrogens is 2. The number of rotatable bonds is 3. The molecule has 0 spiro atoms. The maximum atomic E-state index is 11.4. The lowest BCUT2D eigenvalue weighted by molar-refractivity contribution is -0.945. The Labute approximate surface area is 97.5 Å². The fraction of sp³-hybridized carbons (Fsp3) is 0.909. The van der Waals surface area contributed by atoms with Gasteiger partial charge in [-0.05, 0) is 20.8 Å². The van der Waals surface area contributed by atoms with Gasteiger partial charge in [0.2, 0.25) is 0 Å². The van der Waals surface area contributed by atoms with Crippen molar-refractivity contribution >= 4 is 6.09 Å². The highest BCUT2D eigenvalue weighted by Gasteiger charge is 2.18. The molecule has 0 saturated carbocycles. The van der Waals surface area contributed by atoms with Crippen molar-refractivity contribution in [3.05, 3.63) is 0 Å². The second-order valence-electron chi connectivity index (χ2n) is 5.29. The summed E-state index contributed by atoms with van der Waals surface area (Å²) in [6.45, 7) is 12.1. The summed E-state index contributed by atoms with van der Waals surface area (Å²) < 4.78 is 5.16. The van der Waals surface area contributed by atoms with Crippen LogP contribution in [0.25, 0.3) is 0 Å². The van der Waals surface area contributed by atoms with Crippen LogP contribution < -0.4 is 15.5 Å². The first-order valence-electron chi connectivity index (χ1n) is 6.09. The van der Waals surface area contributed by atoms with Gasteiger partial charge in [-0.2, -0.15) is 0 Å². The van der Waals surface area contributed by atoms with E-state index < -0.39 is 5.60 Å². The Morgan fingerprint density at radius 1 is 1.38 bits per heavy atom. The minimum atomic E-state index is -0.406. The van der Waals surface area contributed by atoms with Gasteiger partial charge in [-0.25, -0.2) is 4.79 Å². The van der Waals surface area contributed by atoms with E-state index in [2.05, 4.69) is 10.6 Å². The van der Waals surface area contributed by atoms with E-state index in [4.69, 9.17) is 4.74 Å². The lowest BCUT2D eigenvalue weighted by Gasteiger charge is -2.23. The predicted octanol–water partition coefficient (Wildman–Crippen LogP) is -2.03. The van der Waals surface area contributed by atoms with Crippen molar-refractivity contribution in [3.8, 4) is 0 Å². The van der Waals surface area contributed by atoms with Crippen LogP contribution in [0, 0.1) is 0 Å². The van der Waals surface area contributed by atoms with Crippen LogP contribution in [0.1, 0.15) is 20.8 Å². The van der Waals surface area contributed by atoms with Crippen LogP contribution in [0.3, 0.4) is 0 Å². The van der Waals surface area contributed by atoms with Crippen molar-refractivity contribution in [2.75, 3.05) is 39.3 Å². The molecule has 1 aliphatic rings. The zero-order valence-electron chi connectivity index (χ0n) is 10.6. The van der Waals surface area contributed by atoms with Gasteiger partial charge in [0.1, 0.15) is 31.8 Å². The second kappa shape index (κ2) is 6.06. The summed E-state index contributed by atoms with van der Waals surface area (Å²) in [7, 11) is 0. The molecule has 1 fully saturated rings. The molecular formula is C11H25N3O2+2. The first kappa shape index (κ1) is 13.3. The van der Waals surface area contributed by atoms with E-state index in [9.17, 15) is 4.79 Å². The van der Waals surface area contributed by atoms with E-state index in [1.54, 1.807) is 4.90 Å².